The number of fused-ring (bicyclic) bond motifs is 7. The Morgan fingerprint density at radius 3 is 1.79 bits per heavy atom. The predicted molar refractivity (Wildman–Crippen MR) is 284 cm³/mol. The Hall–Kier alpha value is -6.53. The van der Waals surface area contributed by atoms with Gasteiger partial charge in [-0.2, -0.15) is 0 Å². The first-order chi connectivity index (χ1) is 34.9. The summed E-state index contributed by atoms with van der Waals surface area (Å²) in [6.07, 6.45) is 6.95. The molecule has 0 spiro atoms. The number of imidazole rings is 1. The first kappa shape index (κ1) is 35.6. The number of hydrogen-bond acceptors (Lipinski definition) is 3. The van der Waals surface area contributed by atoms with Gasteiger partial charge in [0.2, 0.25) is 0 Å². The molecule has 2 aliphatic carbocycles. The van der Waals surface area contributed by atoms with Crippen LogP contribution in [0.1, 0.15) is 106 Å². The van der Waals surface area contributed by atoms with E-state index in [1.807, 2.05) is 49.4 Å². The highest BCUT2D eigenvalue weighted by Crippen LogP contribution is 2.52. The first-order valence-electron chi connectivity index (χ1n) is 26.5. The van der Waals surface area contributed by atoms with Gasteiger partial charge in [0.1, 0.15) is 11.5 Å². The van der Waals surface area contributed by atoms with Crippen LogP contribution in [0.2, 0.25) is 0 Å². The lowest BCUT2D eigenvalue weighted by atomic mass is 9.74. The summed E-state index contributed by atoms with van der Waals surface area (Å²) in [6, 6.07) is 64.4. The van der Waals surface area contributed by atoms with Gasteiger partial charge in [0.25, 0.3) is 0 Å². The van der Waals surface area contributed by atoms with Crippen LogP contribution in [0.15, 0.2) is 182 Å². The van der Waals surface area contributed by atoms with Crippen LogP contribution in [0, 0.1) is 0 Å². The Balaban J connectivity index is 1.07. The molecule has 8 aromatic carbocycles. The van der Waals surface area contributed by atoms with E-state index in [0.29, 0.717) is 22.6 Å². The van der Waals surface area contributed by atoms with E-state index in [4.69, 9.17) is 13.8 Å². The average molecular weight is 908 g/mol. The van der Waals surface area contributed by atoms with Gasteiger partial charge in [0.15, 0.2) is 13.0 Å². The minimum Gasteiger partial charge on any atom is -0.456 e. The molecular weight excluding hydrogens is 849 g/mol. The minimum atomic E-state index is -3.29. The molecule has 3 aliphatic rings. The lowest BCUT2D eigenvalue weighted by Crippen LogP contribution is -2.74. The summed E-state index contributed by atoms with van der Waals surface area (Å²) in [4.78, 5) is 6.03. The van der Waals surface area contributed by atoms with E-state index in [0.717, 1.165) is 111 Å². The lowest BCUT2D eigenvalue weighted by Gasteiger charge is -2.37. The van der Waals surface area contributed by atoms with Gasteiger partial charge in [-0.05, 0) is 105 Å². The van der Waals surface area contributed by atoms with Crippen molar-refractivity contribution in [3.05, 3.63) is 204 Å². The highest BCUT2D eigenvalue weighted by molar-refractivity contribution is 7.24. The summed E-state index contributed by atoms with van der Waals surface area (Å²) in [5.74, 6) is -0.596. The zero-order chi connectivity index (χ0) is 49.0. The molecule has 2 saturated carbocycles. The molecule has 0 N–H and O–H groups in total. The number of thiazole rings is 1. The van der Waals surface area contributed by atoms with Crippen molar-refractivity contribution in [2.75, 3.05) is 0 Å². The fourth-order valence-corrected chi connectivity index (χ4v) is 18.0. The third-order valence-corrected chi connectivity index (χ3v) is 21.1. The fraction of sp³-hybridized carbons (Fsp3) is 0.210. The molecule has 0 bridgehead atoms. The number of ether oxygens (including phenoxy) is 1. The molecule has 1 atom stereocenters. The second-order valence-electron chi connectivity index (χ2n) is 19.0. The second-order valence-corrected chi connectivity index (χ2v) is 23.8. The molecule has 2 fully saturated rings. The predicted octanol–water partition coefficient (Wildman–Crippen LogP) is 14.2. The Morgan fingerprint density at radius 1 is 0.567 bits per heavy atom. The summed E-state index contributed by atoms with van der Waals surface area (Å²) in [6.45, 7) is -0.545. The summed E-state index contributed by atoms with van der Waals surface area (Å²) < 4.78 is 58.1. The van der Waals surface area contributed by atoms with Crippen molar-refractivity contribution in [2.45, 2.75) is 82.3 Å². The van der Waals surface area contributed by atoms with E-state index in [2.05, 4.69) is 144 Å². The molecule has 0 radical (unpaired) electrons. The summed E-state index contributed by atoms with van der Waals surface area (Å²) >= 11 is 1.72. The van der Waals surface area contributed by atoms with E-state index >= 15 is 0 Å². The highest BCUT2D eigenvalue weighted by atomic mass is 32.1. The standard InChI is InChI=1S/C62H54N2OSSi/c1-62(2)53-29-13-16-34-58(53)65-59-49(27-17-30-54(59)62)47-37-35-45(39-51(47)41-19-9-10-20-41)67(43-23-5-3-6-24-43,44-25-7-4-8-26-44)46-36-38-48(52(40-46)42-21-11-12-22-42)50-28-18-33-57-60(50)66-61-63-55-31-14-15-32-56(55)64(57)61/h3-8,13-18,23-42H,9-12,19-22H2,1-2H3/i1D3,41D,42D. The van der Waals surface area contributed by atoms with Gasteiger partial charge >= 0.3 is 0 Å². The van der Waals surface area contributed by atoms with E-state index in [-0.39, 0.29) is 0 Å². The van der Waals surface area contributed by atoms with Gasteiger partial charge in [-0.15, -0.1) is 0 Å². The maximum atomic E-state index is 10.5. The third kappa shape index (κ3) is 6.38. The SMILES string of the molecule is [2H]C1(c2cc([Si](c3ccccc3)(c3ccccc3)c3ccc(-c4cccc5c4sc4nc6ccccc6n45)c(C4([2H])CCCC4)c3)ccc2-c2cccc3c2Oc2ccccc2C3(C)C([2H])([2H])[2H])CCCC1. The minimum absolute atomic E-state index is 0.542. The maximum Gasteiger partial charge on any atom is 0.195 e. The van der Waals surface area contributed by atoms with Gasteiger partial charge in [-0.3, -0.25) is 4.40 Å². The van der Waals surface area contributed by atoms with Crippen LogP contribution in [0.4, 0.5) is 0 Å². The van der Waals surface area contributed by atoms with Crippen LogP contribution in [0.5, 0.6) is 11.5 Å². The van der Waals surface area contributed by atoms with Crippen LogP contribution >= 0.6 is 11.3 Å². The smallest absolute Gasteiger partial charge is 0.195 e. The Bertz CT molecular complexity index is 3700. The number of hydrogen-bond donors (Lipinski definition) is 0. The van der Waals surface area contributed by atoms with Crippen molar-refractivity contribution in [3.8, 4) is 33.8 Å². The summed E-state index contributed by atoms with van der Waals surface area (Å²) in [5, 5.41) is 4.82. The topological polar surface area (TPSA) is 26.5 Å². The second kappa shape index (κ2) is 16.1. The number of nitrogens with zero attached hydrogens (tertiary/aromatic N) is 2. The molecule has 0 saturated heterocycles. The third-order valence-electron chi connectivity index (χ3n) is 15.2. The van der Waals surface area contributed by atoms with Crippen molar-refractivity contribution < 1.29 is 11.6 Å². The number of rotatable bonds is 8. The largest absolute Gasteiger partial charge is 0.456 e. The average Bonchev–Trinajstić information content (AvgIpc) is 4.22. The molecule has 1 unspecified atom stereocenters. The molecule has 5 heteroatoms. The zero-order valence-electron chi connectivity index (χ0n) is 42.7. The number of para-hydroxylation sites is 4. The van der Waals surface area contributed by atoms with Gasteiger partial charge in [-0.25, -0.2) is 4.98 Å². The molecule has 0 amide bonds. The van der Waals surface area contributed by atoms with Crippen LogP contribution < -0.4 is 25.5 Å². The summed E-state index contributed by atoms with van der Waals surface area (Å²) in [5.41, 5.74) is 9.11. The first-order valence-corrected chi connectivity index (χ1v) is 26.9. The molecule has 3 heterocycles. The van der Waals surface area contributed by atoms with E-state index in [1.165, 1.54) is 20.3 Å². The molecule has 2 aromatic heterocycles. The maximum absolute atomic E-state index is 10.5. The van der Waals surface area contributed by atoms with Crippen molar-refractivity contribution in [3.63, 3.8) is 0 Å². The van der Waals surface area contributed by atoms with Crippen LogP contribution in [-0.4, -0.2) is 17.5 Å². The molecule has 328 valence electrons. The van der Waals surface area contributed by atoms with Crippen molar-refractivity contribution in [1.82, 2.24) is 9.38 Å². The van der Waals surface area contributed by atoms with Crippen LogP contribution in [0.25, 0.3) is 48.5 Å². The fourth-order valence-electron chi connectivity index (χ4n) is 12.0. The van der Waals surface area contributed by atoms with Crippen molar-refractivity contribution >= 4 is 66.4 Å². The van der Waals surface area contributed by atoms with Gasteiger partial charge in [0.05, 0.1) is 21.3 Å². The van der Waals surface area contributed by atoms with Gasteiger partial charge < -0.3 is 4.74 Å². The van der Waals surface area contributed by atoms with E-state index in [9.17, 15) is 2.74 Å². The van der Waals surface area contributed by atoms with Gasteiger partial charge in [0, 0.05) is 34.5 Å². The van der Waals surface area contributed by atoms with Crippen LogP contribution in [0.3, 0.4) is 0 Å². The van der Waals surface area contributed by atoms with E-state index < -0.39 is 32.1 Å². The molecular formula is C62H54N2OSSi. The quantitative estimate of drug-likeness (QED) is 0.112. The molecule has 1 aliphatic heterocycles. The normalized spacial score (nSPS) is 19.8. The van der Waals surface area contributed by atoms with Gasteiger partial charge in [-0.1, -0.05) is 209 Å². The molecule has 10 aromatic rings. The Labute approximate surface area is 405 Å². The monoisotopic (exact) mass is 907 g/mol. The molecule has 3 nitrogen and oxygen atoms in total. The zero-order valence-corrected chi connectivity index (χ0v) is 39.5. The van der Waals surface area contributed by atoms with E-state index in [1.54, 1.807) is 11.3 Å². The number of aromatic nitrogens is 2. The van der Waals surface area contributed by atoms with Crippen molar-refractivity contribution in [1.29, 1.82) is 0 Å². The van der Waals surface area contributed by atoms with Crippen LogP contribution in [-0.2, 0) is 5.41 Å². The van der Waals surface area contributed by atoms with Crippen molar-refractivity contribution in [2.24, 2.45) is 0 Å². The summed E-state index contributed by atoms with van der Waals surface area (Å²) in [7, 11) is -3.29. The Kier molecular flexibility index (Phi) is 8.55. The lowest BCUT2D eigenvalue weighted by molar-refractivity contribution is 0.419. The molecule has 67 heavy (non-hydrogen) atoms. The molecule has 13 rings (SSSR count). The highest BCUT2D eigenvalue weighted by Gasteiger charge is 2.43. The Morgan fingerprint density at radius 2 is 1.12 bits per heavy atom. The number of benzene rings is 8.